The summed E-state index contributed by atoms with van der Waals surface area (Å²) in [6.45, 7) is 12.5. The van der Waals surface area contributed by atoms with E-state index < -0.39 is 0 Å². The summed E-state index contributed by atoms with van der Waals surface area (Å²) in [5.74, 6) is 0.816. The minimum atomic E-state index is -0.00986. The Kier molecular flexibility index (Phi) is 5.50. The van der Waals surface area contributed by atoms with E-state index in [0.29, 0.717) is 5.69 Å². The molecule has 0 aromatic carbocycles. The van der Waals surface area contributed by atoms with Crippen molar-refractivity contribution in [3.8, 4) is 0 Å². The van der Waals surface area contributed by atoms with Gasteiger partial charge in [0.2, 0.25) is 0 Å². The van der Waals surface area contributed by atoms with Gasteiger partial charge in [0.25, 0.3) is 5.91 Å². The van der Waals surface area contributed by atoms with E-state index in [1.807, 2.05) is 4.90 Å². The number of anilines is 1. The maximum Gasteiger partial charge on any atom is 0.274 e. The van der Waals surface area contributed by atoms with Crippen molar-refractivity contribution in [2.45, 2.75) is 20.8 Å². The van der Waals surface area contributed by atoms with Crippen LogP contribution < -0.4 is 4.90 Å². The van der Waals surface area contributed by atoms with Crippen LogP contribution in [-0.4, -0.2) is 71.5 Å². The second-order valence-electron chi connectivity index (χ2n) is 5.16. The first kappa shape index (κ1) is 15.7. The van der Waals surface area contributed by atoms with Crippen LogP contribution in [0.3, 0.4) is 0 Å². The van der Waals surface area contributed by atoms with E-state index in [-0.39, 0.29) is 5.91 Å². The monoisotopic (exact) mass is 291 g/mol. The van der Waals surface area contributed by atoms with Crippen LogP contribution in [0.2, 0.25) is 0 Å². The van der Waals surface area contributed by atoms with E-state index in [1.54, 1.807) is 12.4 Å². The molecule has 1 aromatic rings. The molecule has 0 unspecified atom stereocenters. The molecule has 1 aliphatic heterocycles. The summed E-state index contributed by atoms with van der Waals surface area (Å²) in [4.78, 5) is 27.4. The first-order valence-corrected chi connectivity index (χ1v) is 7.78. The van der Waals surface area contributed by atoms with E-state index in [1.165, 1.54) is 0 Å². The molecule has 0 bridgehead atoms. The van der Waals surface area contributed by atoms with Crippen molar-refractivity contribution >= 4 is 11.7 Å². The standard InChI is InChI=1S/C15H25N5O/c1-4-18-7-9-20(10-8-18)15(21)13-11-17-14(12-16-13)19(5-2)6-3/h11-12H,4-10H2,1-3H3. The third kappa shape index (κ3) is 3.69. The number of hydrogen-bond acceptors (Lipinski definition) is 5. The lowest BCUT2D eigenvalue weighted by Gasteiger charge is -2.33. The van der Waals surface area contributed by atoms with Gasteiger partial charge in [-0.1, -0.05) is 6.92 Å². The van der Waals surface area contributed by atoms with Crippen LogP contribution in [0.25, 0.3) is 0 Å². The van der Waals surface area contributed by atoms with Crippen LogP contribution in [0.5, 0.6) is 0 Å². The average molecular weight is 291 g/mol. The third-order valence-corrected chi connectivity index (χ3v) is 4.05. The van der Waals surface area contributed by atoms with Crippen molar-refractivity contribution in [2.75, 3.05) is 50.7 Å². The fourth-order valence-corrected chi connectivity index (χ4v) is 2.57. The van der Waals surface area contributed by atoms with E-state index in [2.05, 4.69) is 40.5 Å². The molecule has 1 aliphatic rings. The largest absolute Gasteiger partial charge is 0.356 e. The van der Waals surface area contributed by atoms with Gasteiger partial charge in [0.15, 0.2) is 0 Å². The molecule has 116 valence electrons. The normalized spacial score (nSPS) is 16.0. The molecule has 1 amide bonds. The van der Waals surface area contributed by atoms with Gasteiger partial charge in [-0.25, -0.2) is 9.97 Å². The lowest BCUT2D eigenvalue weighted by atomic mass is 10.3. The van der Waals surface area contributed by atoms with Gasteiger partial charge in [-0.05, 0) is 20.4 Å². The number of nitrogens with zero attached hydrogens (tertiary/aromatic N) is 5. The molecule has 6 heteroatoms. The zero-order valence-corrected chi connectivity index (χ0v) is 13.2. The van der Waals surface area contributed by atoms with Gasteiger partial charge >= 0.3 is 0 Å². The molecule has 1 aromatic heterocycles. The van der Waals surface area contributed by atoms with Crippen LogP contribution in [0, 0.1) is 0 Å². The Hall–Kier alpha value is -1.69. The van der Waals surface area contributed by atoms with Crippen LogP contribution in [0.1, 0.15) is 31.3 Å². The lowest BCUT2D eigenvalue weighted by molar-refractivity contribution is 0.0637. The van der Waals surface area contributed by atoms with Gasteiger partial charge in [-0.15, -0.1) is 0 Å². The molecule has 0 radical (unpaired) electrons. The summed E-state index contributed by atoms with van der Waals surface area (Å²) in [5, 5.41) is 0. The molecular weight excluding hydrogens is 266 g/mol. The topological polar surface area (TPSA) is 52.6 Å². The summed E-state index contributed by atoms with van der Waals surface area (Å²) in [7, 11) is 0. The number of likely N-dealkylation sites (N-methyl/N-ethyl adjacent to an activating group) is 1. The number of rotatable bonds is 5. The summed E-state index contributed by atoms with van der Waals surface area (Å²) in [6.07, 6.45) is 3.30. The minimum absolute atomic E-state index is 0.00986. The van der Waals surface area contributed by atoms with Crippen molar-refractivity contribution in [1.82, 2.24) is 19.8 Å². The van der Waals surface area contributed by atoms with Crippen molar-refractivity contribution in [1.29, 1.82) is 0 Å². The Morgan fingerprint density at radius 2 is 1.76 bits per heavy atom. The zero-order chi connectivity index (χ0) is 15.2. The maximum atomic E-state index is 12.4. The Labute approximate surface area is 126 Å². The van der Waals surface area contributed by atoms with E-state index >= 15 is 0 Å². The predicted octanol–water partition coefficient (Wildman–Crippen LogP) is 1.10. The van der Waals surface area contributed by atoms with Crippen molar-refractivity contribution < 1.29 is 4.79 Å². The Morgan fingerprint density at radius 3 is 2.24 bits per heavy atom. The van der Waals surface area contributed by atoms with Crippen molar-refractivity contribution in [3.05, 3.63) is 18.1 Å². The Morgan fingerprint density at radius 1 is 1.10 bits per heavy atom. The fourth-order valence-electron chi connectivity index (χ4n) is 2.57. The molecule has 1 saturated heterocycles. The molecule has 2 heterocycles. The van der Waals surface area contributed by atoms with Gasteiger partial charge in [-0.3, -0.25) is 4.79 Å². The molecule has 6 nitrogen and oxygen atoms in total. The highest BCUT2D eigenvalue weighted by atomic mass is 16.2. The van der Waals surface area contributed by atoms with Crippen molar-refractivity contribution in [2.24, 2.45) is 0 Å². The molecule has 0 aliphatic carbocycles. The van der Waals surface area contributed by atoms with Gasteiger partial charge in [0, 0.05) is 39.3 Å². The molecule has 0 atom stereocenters. The second-order valence-corrected chi connectivity index (χ2v) is 5.16. The van der Waals surface area contributed by atoms with Gasteiger partial charge in [-0.2, -0.15) is 0 Å². The molecule has 21 heavy (non-hydrogen) atoms. The quantitative estimate of drug-likeness (QED) is 0.813. The maximum absolute atomic E-state index is 12.4. The summed E-state index contributed by atoms with van der Waals surface area (Å²) < 4.78 is 0. The molecule has 1 fully saturated rings. The minimum Gasteiger partial charge on any atom is -0.356 e. The zero-order valence-electron chi connectivity index (χ0n) is 13.2. The van der Waals surface area contributed by atoms with E-state index in [0.717, 1.165) is 51.6 Å². The highest BCUT2D eigenvalue weighted by Gasteiger charge is 2.22. The van der Waals surface area contributed by atoms with Crippen LogP contribution in [0.4, 0.5) is 5.82 Å². The van der Waals surface area contributed by atoms with Gasteiger partial charge in [0.05, 0.1) is 12.4 Å². The number of piperazine rings is 1. The first-order chi connectivity index (χ1) is 10.2. The lowest BCUT2D eigenvalue weighted by Crippen LogP contribution is -2.48. The molecule has 0 saturated carbocycles. The molecular formula is C15H25N5O. The van der Waals surface area contributed by atoms with E-state index in [4.69, 9.17) is 0 Å². The van der Waals surface area contributed by atoms with Crippen LogP contribution in [0.15, 0.2) is 12.4 Å². The Balaban J connectivity index is 2.00. The average Bonchev–Trinajstić information content (AvgIpc) is 2.56. The number of amides is 1. The predicted molar refractivity (Wildman–Crippen MR) is 83.6 cm³/mol. The van der Waals surface area contributed by atoms with Crippen LogP contribution in [-0.2, 0) is 0 Å². The number of carbonyl (C=O) groups is 1. The molecule has 0 N–H and O–H groups in total. The summed E-state index contributed by atoms with van der Waals surface area (Å²) >= 11 is 0. The SMILES string of the molecule is CCN1CCN(C(=O)c2cnc(N(CC)CC)cn2)CC1. The second kappa shape index (κ2) is 7.36. The van der Waals surface area contributed by atoms with Crippen molar-refractivity contribution in [3.63, 3.8) is 0 Å². The van der Waals surface area contributed by atoms with Gasteiger partial charge < -0.3 is 14.7 Å². The van der Waals surface area contributed by atoms with Gasteiger partial charge in [0.1, 0.15) is 11.5 Å². The highest BCUT2D eigenvalue weighted by Crippen LogP contribution is 2.11. The number of hydrogen-bond donors (Lipinski definition) is 0. The summed E-state index contributed by atoms with van der Waals surface area (Å²) in [5.41, 5.74) is 0.441. The van der Waals surface area contributed by atoms with E-state index in [9.17, 15) is 4.79 Å². The number of carbonyl (C=O) groups excluding carboxylic acids is 1. The third-order valence-electron chi connectivity index (χ3n) is 4.05. The molecule has 2 rings (SSSR count). The molecule has 0 spiro atoms. The summed E-state index contributed by atoms with van der Waals surface area (Å²) in [6, 6.07) is 0. The Bertz CT molecular complexity index is 450. The smallest absolute Gasteiger partial charge is 0.274 e. The highest BCUT2D eigenvalue weighted by molar-refractivity contribution is 5.92. The first-order valence-electron chi connectivity index (χ1n) is 7.78. The van der Waals surface area contributed by atoms with Crippen LogP contribution >= 0.6 is 0 Å². The fraction of sp³-hybridized carbons (Fsp3) is 0.667. The number of aromatic nitrogens is 2.